The number of hydrogen-bond donors (Lipinski definition) is 4. The molecule has 8 nitrogen and oxygen atoms in total. The number of primary amides is 1. The molecule has 8 heteroatoms. The number of alkyl carbamates (subject to hydrolysis) is 1. The summed E-state index contributed by atoms with van der Waals surface area (Å²) in [5, 5.41) is 5.59. The number of nitrogens with zero attached hydrogens (tertiary/aromatic N) is 1. The lowest BCUT2D eigenvalue weighted by Crippen LogP contribution is -2.32. The van der Waals surface area contributed by atoms with E-state index in [4.69, 9.17) is 16.2 Å². The van der Waals surface area contributed by atoms with Crippen LogP contribution in [0, 0.1) is 0 Å². The summed E-state index contributed by atoms with van der Waals surface area (Å²) in [5.41, 5.74) is 11.0. The maximum atomic E-state index is 11.4. The van der Waals surface area contributed by atoms with Crippen LogP contribution in [0.4, 0.5) is 16.3 Å². The molecule has 0 radical (unpaired) electrons. The number of ether oxygens (including phenoxy) is 1. The topological polar surface area (TPSA) is 132 Å². The highest BCUT2D eigenvalue weighted by Gasteiger charge is 2.14. The molecule has 0 saturated heterocycles. The number of nitrogens with two attached hydrogens (primary N) is 2. The zero-order valence-electron chi connectivity index (χ0n) is 13.6. The van der Waals surface area contributed by atoms with Gasteiger partial charge in [-0.15, -0.1) is 0 Å². The van der Waals surface area contributed by atoms with Gasteiger partial charge in [-0.25, -0.2) is 9.78 Å². The van der Waals surface area contributed by atoms with Crippen molar-refractivity contribution in [1.29, 1.82) is 0 Å². The summed E-state index contributed by atoms with van der Waals surface area (Å²) in [6.07, 6.45) is 4.46. The van der Waals surface area contributed by atoms with Gasteiger partial charge in [0.1, 0.15) is 11.4 Å². The van der Waals surface area contributed by atoms with E-state index in [9.17, 15) is 9.59 Å². The second-order valence-corrected chi connectivity index (χ2v) is 5.76. The summed E-state index contributed by atoms with van der Waals surface area (Å²) in [5.74, 6) is -0.122. The molecular weight excluding hydrogens is 298 g/mol. The van der Waals surface area contributed by atoms with Crippen LogP contribution in [0.2, 0.25) is 0 Å². The van der Waals surface area contributed by atoms with Crippen molar-refractivity contribution in [2.75, 3.05) is 24.1 Å². The van der Waals surface area contributed by atoms with E-state index in [1.807, 2.05) is 0 Å². The van der Waals surface area contributed by atoms with Gasteiger partial charge in [0.2, 0.25) is 5.91 Å². The molecule has 0 unspecified atom stereocenters. The van der Waals surface area contributed by atoms with Gasteiger partial charge in [0, 0.05) is 19.3 Å². The number of hydrogen-bond acceptors (Lipinski definition) is 6. The third-order valence-corrected chi connectivity index (χ3v) is 2.52. The SMILES string of the molecule is CC(C)(C)OC(=O)NCC=CCNc1ncc(C(N)=O)cc1N. The Morgan fingerprint density at radius 1 is 1.30 bits per heavy atom. The number of amides is 2. The van der Waals surface area contributed by atoms with Crippen molar-refractivity contribution in [3.8, 4) is 0 Å². The van der Waals surface area contributed by atoms with E-state index in [-0.39, 0.29) is 5.56 Å². The van der Waals surface area contributed by atoms with Crippen molar-refractivity contribution in [1.82, 2.24) is 10.3 Å². The van der Waals surface area contributed by atoms with Crippen LogP contribution < -0.4 is 22.1 Å². The smallest absolute Gasteiger partial charge is 0.407 e. The first kappa shape index (κ1) is 18.3. The zero-order chi connectivity index (χ0) is 17.5. The number of carbonyl (C=O) groups is 2. The Balaban J connectivity index is 2.34. The number of carbonyl (C=O) groups excluding carboxylic acids is 2. The van der Waals surface area contributed by atoms with Gasteiger partial charge in [0.15, 0.2) is 0 Å². The maximum absolute atomic E-state index is 11.4. The fraction of sp³-hybridized carbons (Fsp3) is 0.400. The summed E-state index contributed by atoms with van der Waals surface area (Å²) in [6, 6.07) is 1.46. The summed E-state index contributed by atoms with van der Waals surface area (Å²) >= 11 is 0. The Kier molecular flexibility index (Phi) is 6.37. The van der Waals surface area contributed by atoms with Crippen LogP contribution in [-0.2, 0) is 4.74 Å². The van der Waals surface area contributed by atoms with Gasteiger partial charge < -0.3 is 26.8 Å². The largest absolute Gasteiger partial charge is 0.444 e. The zero-order valence-corrected chi connectivity index (χ0v) is 13.6. The average molecular weight is 321 g/mol. The second-order valence-electron chi connectivity index (χ2n) is 5.76. The molecule has 0 aromatic carbocycles. The fourth-order valence-corrected chi connectivity index (χ4v) is 1.54. The van der Waals surface area contributed by atoms with Crippen molar-refractivity contribution in [2.24, 2.45) is 5.73 Å². The molecule has 0 saturated carbocycles. The molecule has 0 aliphatic heterocycles. The Hall–Kier alpha value is -2.77. The highest BCUT2D eigenvalue weighted by molar-refractivity contribution is 5.94. The van der Waals surface area contributed by atoms with Gasteiger partial charge in [0.05, 0.1) is 11.3 Å². The molecule has 0 fully saturated rings. The third kappa shape index (κ3) is 7.16. The number of anilines is 2. The van der Waals surface area contributed by atoms with Gasteiger partial charge in [-0.05, 0) is 26.8 Å². The molecule has 1 rings (SSSR count). The van der Waals surface area contributed by atoms with Crippen molar-refractivity contribution in [3.63, 3.8) is 0 Å². The first-order valence-corrected chi connectivity index (χ1v) is 7.10. The minimum absolute atomic E-state index is 0.255. The van der Waals surface area contributed by atoms with Crippen LogP contribution in [0.5, 0.6) is 0 Å². The van der Waals surface area contributed by atoms with E-state index < -0.39 is 17.6 Å². The minimum Gasteiger partial charge on any atom is -0.444 e. The molecule has 126 valence electrons. The molecule has 23 heavy (non-hydrogen) atoms. The first-order valence-electron chi connectivity index (χ1n) is 7.10. The average Bonchev–Trinajstić information content (AvgIpc) is 2.41. The Morgan fingerprint density at radius 2 is 1.96 bits per heavy atom. The van der Waals surface area contributed by atoms with E-state index in [0.717, 1.165) is 0 Å². The standard InChI is InChI=1S/C15H23N5O3/c1-15(2,3)23-14(22)19-7-5-4-6-18-13-11(16)8-10(9-20-13)12(17)21/h4-5,8-9H,6-7,16H2,1-3H3,(H2,17,21)(H,18,20)(H,19,22). The highest BCUT2D eigenvalue weighted by Crippen LogP contribution is 2.15. The molecule has 1 heterocycles. The van der Waals surface area contributed by atoms with Crippen molar-refractivity contribution < 1.29 is 14.3 Å². The Labute approximate surface area is 135 Å². The molecule has 0 aliphatic rings. The number of nitrogens with one attached hydrogen (secondary N) is 2. The highest BCUT2D eigenvalue weighted by atomic mass is 16.6. The van der Waals surface area contributed by atoms with Gasteiger partial charge in [-0.1, -0.05) is 12.2 Å². The van der Waals surface area contributed by atoms with E-state index in [2.05, 4.69) is 15.6 Å². The molecular formula is C15H23N5O3. The first-order chi connectivity index (χ1) is 10.7. The number of rotatable bonds is 6. The second kappa shape index (κ2) is 8.02. The number of aromatic nitrogens is 1. The Bertz CT molecular complexity index is 593. The van der Waals surface area contributed by atoms with Crippen molar-refractivity contribution in [2.45, 2.75) is 26.4 Å². The van der Waals surface area contributed by atoms with E-state index >= 15 is 0 Å². The molecule has 1 aromatic heterocycles. The normalized spacial score (nSPS) is 11.3. The molecule has 0 bridgehead atoms. The predicted octanol–water partition coefficient (Wildman–Crippen LogP) is 1.26. The van der Waals surface area contributed by atoms with Gasteiger partial charge in [-0.2, -0.15) is 0 Å². The van der Waals surface area contributed by atoms with Crippen LogP contribution in [0.3, 0.4) is 0 Å². The van der Waals surface area contributed by atoms with Crippen LogP contribution in [-0.4, -0.2) is 35.7 Å². The fourth-order valence-electron chi connectivity index (χ4n) is 1.54. The van der Waals surface area contributed by atoms with Crippen LogP contribution in [0.1, 0.15) is 31.1 Å². The van der Waals surface area contributed by atoms with Crippen LogP contribution >= 0.6 is 0 Å². The molecule has 2 amide bonds. The maximum Gasteiger partial charge on any atom is 0.407 e. The monoisotopic (exact) mass is 321 g/mol. The summed E-state index contributed by atoms with van der Waals surface area (Å²) in [6.45, 7) is 6.21. The van der Waals surface area contributed by atoms with Crippen LogP contribution in [0.15, 0.2) is 24.4 Å². The number of pyridine rings is 1. The quantitative estimate of drug-likeness (QED) is 0.583. The van der Waals surface area contributed by atoms with Crippen LogP contribution in [0.25, 0.3) is 0 Å². The third-order valence-electron chi connectivity index (χ3n) is 2.52. The molecule has 0 aliphatic carbocycles. The van der Waals surface area contributed by atoms with E-state index in [1.54, 1.807) is 32.9 Å². The lowest BCUT2D eigenvalue weighted by atomic mass is 10.2. The lowest BCUT2D eigenvalue weighted by molar-refractivity contribution is 0.0534. The number of nitrogen functional groups attached to an aromatic ring is 1. The van der Waals surface area contributed by atoms with E-state index in [1.165, 1.54) is 12.3 Å². The summed E-state index contributed by atoms with van der Waals surface area (Å²) in [7, 11) is 0. The Morgan fingerprint density at radius 3 is 2.52 bits per heavy atom. The molecule has 1 aromatic rings. The van der Waals surface area contributed by atoms with Gasteiger partial charge in [-0.3, -0.25) is 4.79 Å². The van der Waals surface area contributed by atoms with Crippen molar-refractivity contribution in [3.05, 3.63) is 30.0 Å². The lowest BCUT2D eigenvalue weighted by Gasteiger charge is -2.19. The summed E-state index contributed by atoms with van der Waals surface area (Å²) < 4.78 is 5.10. The molecule has 0 spiro atoms. The molecule has 6 N–H and O–H groups in total. The van der Waals surface area contributed by atoms with Gasteiger partial charge in [0.25, 0.3) is 0 Å². The van der Waals surface area contributed by atoms with Crippen molar-refractivity contribution >= 4 is 23.5 Å². The predicted molar refractivity (Wildman–Crippen MR) is 89.0 cm³/mol. The summed E-state index contributed by atoms with van der Waals surface area (Å²) in [4.78, 5) is 26.4. The van der Waals surface area contributed by atoms with Gasteiger partial charge >= 0.3 is 6.09 Å². The minimum atomic E-state index is -0.580. The molecule has 0 atom stereocenters. The van der Waals surface area contributed by atoms with E-state index in [0.29, 0.717) is 24.6 Å².